The van der Waals surface area contributed by atoms with Crippen molar-refractivity contribution in [2.24, 2.45) is 5.73 Å². The molecule has 4 rings (SSSR count). The number of nitrogens with zero attached hydrogens (tertiary/aromatic N) is 1. The number of rotatable bonds is 5. The monoisotopic (exact) mass is 327 g/mol. The van der Waals surface area contributed by atoms with Gasteiger partial charge in [-0.2, -0.15) is 0 Å². The summed E-state index contributed by atoms with van der Waals surface area (Å²) in [6, 6.07) is 25.3. The van der Waals surface area contributed by atoms with Crippen LogP contribution < -0.4 is 11.1 Å². The van der Waals surface area contributed by atoms with E-state index in [1.165, 1.54) is 10.8 Å². The lowest BCUT2D eigenvalue weighted by Crippen LogP contribution is -2.09. The number of hydrogen-bond acceptors (Lipinski definition) is 3. The lowest BCUT2D eigenvalue weighted by Gasteiger charge is -2.12. The Morgan fingerprint density at radius 1 is 0.840 bits per heavy atom. The van der Waals surface area contributed by atoms with Gasteiger partial charge in [-0.1, -0.05) is 54.6 Å². The second kappa shape index (κ2) is 6.91. The van der Waals surface area contributed by atoms with E-state index in [1.807, 2.05) is 12.1 Å². The number of benzene rings is 3. The van der Waals surface area contributed by atoms with Gasteiger partial charge in [0.05, 0.1) is 11.2 Å². The Balaban J connectivity index is 1.82. The summed E-state index contributed by atoms with van der Waals surface area (Å²) in [5.41, 5.74) is 9.86. The molecule has 0 saturated heterocycles. The van der Waals surface area contributed by atoms with Crippen molar-refractivity contribution in [3.8, 4) is 11.3 Å². The molecule has 4 aromatic rings. The number of hydrogen-bond donors (Lipinski definition) is 2. The van der Waals surface area contributed by atoms with Crippen LogP contribution in [0.3, 0.4) is 0 Å². The minimum absolute atomic E-state index is 0.688. The van der Waals surface area contributed by atoms with Crippen LogP contribution in [0.25, 0.3) is 32.9 Å². The van der Waals surface area contributed by atoms with Crippen LogP contribution in [-0.4, -0.2) is 18.1 Å². The fraction of sp³-hybridized carbons (Fsp3) is 0.136. The first kappa shape index (κ1) is 15.6. The lowest BCUT2D eigenvalue weighted by molar-refractivity contribution is 0.875. The molecule has 1 heterocycles. The Kier molecular flexibility index (Phi) is 4.32. The maximum atomic E-state index is 5.63. The van der Waals surface area contributed by atoms with E-state index in [0.717, 1.165) is 40.8 Å². The Morgan fingerprint density at radius 3 is 2.52 bits per heavy atom. The van der Waals surface area contributed by atoms with Gasteiger partial charge >= 0.3 is 0 Å². The van der Waals surface area contributed by atoms with E-state index in [-0.39, 0.29) is 0 Å². The van der Waals surface area contributed by atoms with E-state index in [4.69, 9.17) is 10.7 Å². The molecule has 0 unspecified atom stereocenters. The third-order valence-corrected chi connectivity index (χ3v) is 4.46. The highest BCUT2D eigenvalue weighted by molar-refractivity contribution is 5.95. The molecule has 3 heteroatoms. The first-order valence-electron chi connectivity index (χ1n) is 8.68. The van der Waals surface area contributed by atoms with Crippen molar-refractivity contribution in [2.45, 2.75) is 6.42 Å². The normalized spacial score (nSPS) is 11.1. The number of para-hydroxylation sites is 1. The quantitative estimate of drug-likeness (QED) is 0.517. The maximum absolute atomic E-state index is 5.63. The van der Waals surface area contributed by atoms with Gasteiger partial charge in [0, 0.05) is 23.2 Å². The number of anilines is 1. The first-order valence-corrected chi connectivity index (χ1v) is 8.68. The topological polar surface area (TPSA) is 50.9 Å². The summed E-state index contributed by atoms with van der Waals surface area (Å²) in [5.74, 6) is 0. The zero-order valence-electron chi connectivity index (χ0n) is 14.1. The second-order valence-electron chi connectivity index (χ2n) is 6.20. The Morgan fingerprint density at radius 2 is 1.64 bits per heavy atom. The molecular weight excluding hydrogens is 306 g/mol. The third kappa shape index (κ3) is 3.19. The lowest BCUT2D eigenvalue weighted by atomic mass is 10.0. The summed E-state index contributed by atoms with van der Waals surface area (Å²) < 4.78 is 0. The molecular formula is C22H21N3. The van der Waals surface area contributed by atoms with E-state index in [9.17, 15) is 0 Å². The average Bonchev–Trinajstić information content (AvgIpc) is 2.67. The van der Waals surface area contributed by atoms with Crippen molar-refractivity contribution in [3.05, 3.63) is 72.8 Å². The third-order valence-electron chi connectivity index (χ3n) is 4.46. The van der Waals surface area contributed by atoms with Gasteiger partial charge in [0.15, 0.2) is 0 Å². The van der Waals surface area contributed by atoms with E-state index in [2.05, 4.69) is 66.0 Å². The van der Waals surface area contributed by atoms with Gasteiger partial charge in [0.1, 0.15) is 0 Å². The molecule has 0 bridgehead atoms. The molecule has 0 fully saturated rings. The van der Waals surface area contributed by atoms with E-state index < -0.39 is 0 Å². The van der Waals surface area contributed by atoms with Crippen molar-refractivity contribution in [2.75, 3.05) is 18.4 Å². The standard InChI is InChI=1S/C22H21N3/c23-12-5-13-24-22-15-21(25-20-9-4-3-8-19(20)22)18-11-10-16-6-1-2-7-17(16)14-18/h1-4,6-11,14-15H,5,12-13,23H2,(H,24,25). The predicted octanol–water partition coefficient (Wildman–Crippen LogP) is 4.82. The van der Waals surface area contributed by atoms with Gasteiger partial charge in [-0.05, 0) is 41.9 Å². The Labute approximate surface area is 147 Å². The van der Waals surface area contributed by atoms with Crippen LogP contribution in [0.15, 0.2) is 72.8 Å². The highest BCUT2D eigenvalue weighted by Crippen LogP contribution is 2.30. The number of pyridine rings is 1. The molecule has 0 aliphatic heterocycles. The van der Waals surface area contributed by atoms with Crippen molar-refractivity contribution < 1.29 is 0 Å². The van der Waals surface area contributed by atoms with Crippen LogP contribution in [0.2, 0.25) is 0 Å². The minimum atomic E-state index is 0.688. The highest BCUT2D eigenvalue weighted by atomic mass is 14.9. The fourth-order valence-electron chi connectivity index (χ4n) is 3.14. The zero-order valence-corrected chi connectivity index (χ0v) is 14.1. The summed E-state index contributed by atoms with van der Waals surface area (Å²) in [4.78, 5) is 4.88. The molecule has 3 N–H and O–H groups in total. The molecule has 25 heavy (non-hydrogen) atoms. The van der Waals surface area contributed by atoms with Gasteiger partial charge < -0.3 is 11.1 Å². The summed E-state index contributed by atoms with van der Waals surface area (Å²) in [6.45, 7) is 1.55. The predicted molar refractivity (Wildman–Crippen MR) is 107 cm³/mol. The van der Waals surface area contributed by atoms with E-state index in [1.54, 1.807) is 0 Å². The second-order valence-corrected chi connectivity index (χ2v) is 6.20. The van der Waals surface area contributed by atoms with E-state index >= 15 is 0 Å². The number of nitrogens with two attached hydrogens (primary N) is 1. The molecule has 1 aromatic heterocycles. The largest absolute Gasteiger partial charge is 0.384 e. The first-order chi connectivity index (χ1) is 12.3. The van der Waals surface area contributed by atoms with Gasteiger partial charge in [-0.3, -0.25) is 0 Å². The number of nitrogens with one attached hydrogen (secondary N) is 1. The molecule has 0 amide bonds. The Bertz CT molecular complexity index is 1020. The molecule has 0 aliphatic carbocycles. The van der Waals surface area contributed by atoms with Crippen LogP contribution in [0.5, 0.6) is 0 Å². The highest BCUT2D eigenvalue weighted by Gasteiger charge is 2.08. The van der Waals surface area contributed by atoms with Crippen molar-refractivity contribution in [1.82, 2.24) is 4.98 Å². The molecule has 0 atom stereocenters. The van der Waals surface area contributed by atoms with Crippen LogP contribution >= 0.6 is 0 Å². The molecule has 3 aromatic carbocycles. The van der Waals surface area contributed by atoms with Gasteiger partial charge in [-0.15, -0.1) is 0 Å². The SMILES string of the molecule is NCCCNc1cc(-c2ccc3ccccc3c2)nc2ccccc12. The van der Waals surface area contributed by atoms with Gasteiger partial charge in [0.25, 0.3) is 0 Å². The number of fused-ring (bicyclic) bond motifs is 2. The van der Waals surface area contributed by atoms with Crippen LogP contribution in [0.4, 0.5) is 5.69 Å². The number of aromatic nitrogens is 1. The smallest absolute Gasteiger partial charge is 0.0730 e. The molecule has 0 radical (unpaired) electrons. The van der Waals surface area contributed by atoms with Gasteiger partial charge in [-0.25, -0.2) is 4.98 Å². The van der Waals surface area contributed by atoms with Crippen LogP contribution in [0.1, 0.15) is 6.42 Å². The molecule has 0 saturated carbocycles. The molecule has 124 valence electrons. The molecule has 0 spiro atoms. The minimum Gasteiger partial charge on any atom is -0.384 e. The van der Waals surface area contributed by atoms with Crippen LogP contribution in [0, 0.1) is 0 Å². The van der Waals surface area contributed by atoms with E-state index in [0.29, 0.717) is 6.54 Å². The fourth-order valence-corrected chi connectivity index (χ4v) is 3.14. The van der Waals surface area contributed by atoms with Crippen molar-refractivity contribution >= 4 is 27.4 Å². The molecule has 0 aliphatic rings. The summed E-state index contributed by atoms with van der Waals surface area (Å²) >= 11 is 0. The van der Waals surface area contributed by atoms with Gasteiger partial charge in [0.2, 0.25) is 0 Å². The summed E-state index contributed by atoms with van der Waals surface area (Å²) in [5, 5.41) is 7.13. The van der Waals surface area contributed by atoms with Crippen molar-refractivity contribution in [3.63, 3.8) is 0 Å². The Hall–Kier alpha value is -2.91. The van der Waals surface area contributed by atoms with Crippen molar-refractivity contribution in [1.29, 1.82) is 0 Å². The van der Waals surface area contributed by atoms with Crippen LogP contribution in [-0.2, 0) is 0 Å². The summed E-state index contributed by atoms with van der Waals surface area (Å²) in [6.07, 6.45) is 0.946. The summed E-state index contributed by atoms with van der Waals surface area (Å²) in [7, 11) is 0. The maximum Gasteiger partial charge on any atom is 0.0730 e. The molecule has 3 nitrogen and oxygen atoms in total. The average molecular weight is 327 g/mol. The zero-order chi connectivity index (χ0) is 17.1.